The number of carbonyl (C=O) groups excluding carboxylic acids is 1. The van der Waals surface area contributed by atoms with Crippen LogP contribution in [0.4, 0.5) is 0 Å². The molecule has 24 heavy (non-hydrogen) atoms. The summed E-state index contributed by atoms with van der Waals surface area (Å²) in [6.07, 6.45) is 5.57. The van der Waals surface area contributed by atoms with Gasteiger partial charge in [0.2, 0.25) is 5.91 Å². The van der Waals surface area contributed by atoms with Crippen molar-refractivity contribution in [1.82, 2.24) is 15.2 Å². The summed E-state index contributed by atoms with van der Waals surface area (Å²) in [6.45, 7) is 3.32. The van der Waals surface area contributed by atoms with Gasteiger partial charge in [-0.2, -0.15) is 0 Å². The molecule has 5 heteroatoms. The third-order valence-electron chi connectivity index (χ3n) is 4.36. The van der Waals surface area contributed by atoms with E-state index in [0.29, 0.717) is 6.54 Å². The van der Waals surface area contributed by atoms with Gasteiger partial charge in [0.1, 0.15) is 0 Å². The van der Waals surface area contributed by atoms with Crippen LogP contribution >= 0.6 is 15.9 Å². The first kappa shape index (κ1) is 17.1. The molecule has 0 radical (unpaired) electrons. The number of likely N-dealkylation sites (tertiary alicyclic amines) is 1. The van der Waals surface area contributed by atoms with Crippen molar-refractivity contribution in [2.45, 2.75) is 25.9 Å². The molecule has 2 heterocycles. The number of nitrogens with zero attached hydrogens (tertiary/aromatic N) is 2. The van der Waals surface area contributed by atoms with Gasteiger partial charge in [0.15, 0.2) is 0 Å². The van der Waals surface area contributed by atoms with Crippen LogP contribution in [-0.2, 0) is 17.9 Å². The lowest BCUT2D eigenvalue weighted by molar-refractivity contribution is -0.126. The molecular formula is C19H22BrN3O. The summed E-state index contributed by atoms with van der Waals surface area (Å²) in [6, 6.07) is 12.2. The Morgan fingerprint density at radius 2 is 2.17 bits per heavy atom. The second-order valence-corrected chi connectivity index (χ2v) is 7.20. The third-order valence-corrected chi connectivity index (χ3v) is 4.85. The topological polar surface area (TPSA) is 45.2 Å². The van der Waals surface area contributed by atoms with E-state index in [9.17, 15) is 4.79 Å². The van der Waals surface area contributed by atoms with Crippen molar-refractivity contribution in [2.75, 3.05) is 13.1 Å². The zero-order chi connectivity index (χ0) is 16.8. The standard InChI is InChI=1S/C19H22BrN3O/c20-18-7-1-4-15(10-18)13-23-9-3-6-17(14-23)19(24)22-12-16-5-2-8-21-11-16/h1-2,4-5,7-8,10-11,17H,3,6,9,12-14H2,(H,22,24). The van der Waals surface area contributed by atoms with Gasteiger partial charge in [-0.15, -0.1) is 0 Å². The van der Waals surface area contributed by atoms with Crippen LogP contribution in [0.5, 0.6) is 0 Å². The Morgan fingerprint density at radius 1 is 1.29 bits per heavy atom. The number of carbonyl (C=O) groups is 1. The van der Waals surface area contributed by atoms with Crippen molar-refractivity contribution in [3.8, 4) is 0 Å². The summed E-state index contributed by atoms with van der Waals surface area (Å²) in [5.74, 6) is 0.223. The Hall–Kier alpha value is -1.72. The van der Waals surface area contributed by atoms with Gasteiger partial charge < -0.3 is 5.32 Å². The Labute approximate surface area is 151 Å². The lowest BCUT2D eigenvalue weighted by atomic mass is 9.96. The van der Waals surface area contributed by atoms with Crippen LogP contribution in [0.15, 0.2) is 53.3 Å². The van der Waals surface area contributed by atoms with Gasteiger partial charge >= 0.3 is 0 Å². The van der Waals surface area contributed by atoms with Crippen LogP contribution in [0.3, 0.4) is 0 Å². The molecule has 1 saturated heterocycles. The Morgan fingerprint density at radius 3 is 2.96 bits per heavy atom. The molecular weight excluding hydrogens is 366 g/mol. The quantitative estimate of drug-likeness (QED) is 0.854. The van der Waals surface area contributed by atoms with E-state index in [1.54, 1.807) is 12.4 Å². The van der Waals surface area contributed by atoms with Crippen molar-refractivity contribution in [2.24, 2.45) is 5.92 Å². The second-order valence-electron chi connectivity index (χ2n) is 6.28. The number of halogens is 1. The van der Waals surface area contributed by atoms with Crippen molar-refractivity contribution in [3.63, 3.8) is 0 Å². The average Bonchev–Trinajstić information content (AvgIpc) is 2.61. The summed E-state index contributed by atoms with van der Waals surface area (Å²) >= 11 is 3.52. The summed E-state index contributed by atoms with van der Waals surface area (Å²) in [7, 11) is 0. The minimum Gasteiger partial charge on any atom is -0.352 e. The molecule has 4 nitrogen and oxygen atoms in total. The average molecular weight is 388 g/mol. The number of pyridine rings is 1. The molecule has 1 fully saturated rings. The van der Waals surface area contributed by atoms with Gasteiger partial charge in [-0.25, -0.2) is 0 Å². The van der Waals surface area contributed by atoms with Gasteiger partial charge in [0.25, 0.3) is 0 Å². The maximum absolute atomic E-state index is 12.5. The molecule has 1 aromatic heterocycles. The third kappa shape index (κ3) is 4.89. The largest absolute Gasteiger partial charge is 0.352 e. The fourth-order valence-electron chi connectivity index (χ4n) is 3.14. The number of rotatable bonds is 5. The normalized spacial score (nSPS) is 18.3. The fourth-order valence-corrected chi connectivity index (χ4v) is 3.59. The fraction of sp³-hybridized carbons (Fsp3) is 0.368. The molecule has 0 saturated carbocycles. The number of hydrogen-bond acceptors (Lipinski definition) is 3. The van der Waals surface area contributed by atoms with Crippen molar-refractivity contribution in [1.29, 1.82) is 0 Å². The van der Waals surface area contributed by atoms with Gasteiger partial charge in [-0.1, -0.05) is 34.1 Å². The molecule has 2 aromatic rings. The summed E-state index contributed by atoms with van der Waals surface area (Å²) in [5, 5.41) is 3.05. The van der Waals surface area contributed by atoms with E-state index in [0.717, 1.165) is 42.5 Å². The van der Waals surface area contributed by atoms with E-state index >= 15 is 0 Å². The predicted molar refractivity (Wildman–Crippen MR) is 98.2 cm³/mol. The van der Waals surface area contributed by atoms with Crippen molar-refractivity contribution in [3.05, 3.63) is 64.4 Å². The maximum atomic E-state index is 12.5. The minimum atomic E-state index is 0.0718. The highest BCUT2D eigenvalue weighted by atomic mass is 79.9. The SMILES string of the molecule is O=C(NCc1cccnc1)C1CCCN(Cc2cccc(Br)c2)C1. The molecule has 0 aliphatic carbocycles. The monoisotopic (exact) mass is 387 g/mol. The van der Waals surface area contributed by atoms with Crippen molar-refractivity contribution >= 4 is 21.8 Å². The molecule has 1 aromatic carbocycles. The van der Waals surface area contributed by atoms with Crippen LogP contribution in [0.1, 0.15) is 24.0 Å². The van der Waals surface area contributed by atoms with E-state index in [4.69, 9.17) is 0 Å². The molecule has 1 aliphatic heterocycles. The van der Waals surface area contributed by atoms with E-state index in [1.165, 1.54) is 5.56 Å². The highest BCUT2D eigenvalue weighted by Crippen LogP contribution is 2.20. The first-order valence-corrected chi connectivity index (χ1v) is 9.13. The Kier molecular flexibility index (Phi) is 5.99. The van der Waals surface area contributed by atoms with Gasteiger partial charge in [-0.3, -0.25) is 14.7 Å². The zero-order valence-corrected chi connectivity index (χ0v) is 15.2. The second kappa shape index (κ2) is 8.40. The smallest absolute Gasteiger partial charge is 0.224 e. The van der Waals surface area contributed by atoms with Crippen molar-refractivity contribution < 1.29 is 4.79 Å². The maximum Gasteiger partial charge on any atom is 0.224 e. The van der Waals surface area contributed by atoms with Crippen LogP contribution < -0.4 is 5.32 Å². The molecule has 1 unspecified atom stereocenters. The first-order valence-electron chi connectivity index (χ1n) is 8.34. The predicted octanol–water partition coefficient (Wildman–Crippen LogP) is 3.37. The summed E-state index contributed by atoms with van der Waals surface area (Å²) < 4.78 is 1.10. The summed E-state index contributed by atoms with van der Waals surface area (Å²) in [4.78, 5) is 18.9. The number of amides is 1. The lowest BCUT2D eigenvalue weighted by Gasteiger charge is -2.32. The van der Waals surface area contributed by atoms with Crippen LogP contribution in [0, 0.1) is 5.92 Å². The molecule has 0 spiro atoms. The van der Waals surface area contributed by atoms with E-state index in [-0.39, 0.29) is 11.8 Å². The van der Waals surface area contributed by atoms with Crippen LogP contribution in [0.2, 0.25) is 0 Å². The number of nitrogens with one attached hydrogen (secondary N) is 1. The van der Waals surface area contributed by atoms with E-state index in [1.807, 2.05) is 18.2 Å². The van der Waals surface area contributed by atoms with Crippen LogP contribution in [0.25, 0.3) is 0 Å². The van der Waals surface area contributed by atoms with Gasteiger partial charge in [0, 0.05) is 36.5 Å². The minimum absolute atomic E-state index is 0.0718. The number of benzene rings is 1. The molecule has 0 bridgehead atoms. The first-order chi connectivity index (χ1) is 11.7. The number of aromatic nitrogens is 1. The molecule has 1 N–H and O–H groups in total. The molecule has 3 rings (SSSR count). The number of piperidine rings is 1. The Balaban J connectivity index is 1.52. The molecule has 1 aliphatic rings. The molecule has 1 amide bonds. The van der Waals surface area contributed by atoms with E-state index < -0.39 is 0 Å². The molecule has 1 atom stereocenters. The van der Waals surface area contributed by atoms with Gasteiger partial charge in [-0.05, 0) is 48.7 Å². The van der Waals surface area contributed by atoms with E-state index in [2.05, 4.69) is 49.3 Å². The summed E-state index contributed by atoms with van der Waals surface area (Å²) in [5.41, 5.74) is 2.31. The highest BCUT2D eigenvalue weighted by Gasteiger charge is 2.25. The highest BCUT2D eigenvalue weighted by molar-refractivity contribution is 9.10. The zero-order valence-electron chi connectivity index (χ0n) is 13.6. The molecule has 126 valence electrons. The van der Waals surface area contributed by atoms with Gasteiger partial charge in [0.05, 0.1) is 5.92 Å². The van der Waals surface area contributed by atoms with Crippen LogP contribution in [-0.4, -0.2) is 28.9 Å². The lowest BCUT2D eigenvalue weighted by Crippen LogP contribution is -2.42. The Bertz CT molecular complexity index is 677. The number of hydrogen-bond donors (Lipinski definition) is 1.